The molecule has 0 unspecified atom stereocenters. The summed E-state index contributed by atoms with van der Waals surface area (Å²) >= 11 is 1.25. The number of benzene rings is 1. The van der Waals surface area contributed by atoms with Crippen LogP contribution >= 0.6 is 11.5 Å². The molecule has 1 aromatic carbocycles. The van der Waals surface area contributed by atoms with Crippen LogP contribution in [0.3, 0.4) is 0 Å². The Morgan fingerprint density at radius 3 is 2.94 bits per heavy atom. The quantitative estimate of drug-likeness (QED) is 0.863. The van der Waals surface area contributed by atoms with E-state index < -0.39 is 6.09 Å². The predicted molar refractivity (Wildman–Crippen MR) is 60.4 cm³/mol. The second-order valence-electron chi connectivity index (χ2n) is 2.93. The SMILES string of the molecule is CNC(=O)Oc1ccccc1-c1csnn1. The van der Waals surface area contributed by atoms with E-state index in [9.17, 15) is 4.79 Å². The van der Waals surface area contributed by atoms with Crippen LogP contribution in [0.15, 0.2) is 29.6 Å². The summed E-state index contributed by atoms with van der Waals surface area (Å²) in [6, 6.07) is 7.19. The Kier molecular flexibility index (Phi) is 3.11. The lowest BCUT2D eigenvalue weighted by Crippen LogP contribution is -2.22. The minimum atomic E-state index is -0.504. The Balaban J connectivity index is 2.35. The van der Waals surface area contributed by atoms with Crippen molar-refractivity contribution in [1.29, 1.82) is 0 Å². The Labute approximate surface area is 96.2 Å². The van der Waals surface area contributed by atoms with Crippen molar-refractivity contribution in [2.75, 3.05) is 7.05 Å². The monoisotopic (exact) mass is 235 g/mol. The smallest absolute Gasteiger partial charge is 0.410 e. The Hall–Kier alpha value is -1.95. The summed E-state index contributed by atoms with van der Waals surface area (Å²) in [5, 5.41) is 8.13. The molecule has 0 radical (unpaired) electrons. The van der Waals surface area contributed by atoms with E-state index >= 15 is 0 Å². The van der Waals surface area contributed by atoms with Crippen LogP contribution in [0.2, 0.25) is 0 Å². The summed E-state index contributed by atoms with van der Waals surface area (Å²) < 4.78 is 8.88. The summed E-state index contributed by atoms with van der Waals surface area (Å²) in [5.41, 5.74) is 1.45. The topological polar surface area (TPSA) is 64.1 Å². The lowest BCUT2D eigenvalue weighted by Gasteiger charge is -2.06. The van der Waals surface area contributed by atoms with Crippen LogP contribution in [0.25, 0.3) is 11.3 Å². The number of carbonyl (C=O) groups excluding carboxylic acids is 1. The van der Waals surface area contributed by atoms with E-state index in [4.69, 9.17) is 4.74 Å². The molecule has 0 saturated heterocycles. The van der Waals surface area contributed by atoms with Crippen LogP contribution in [-0.4, -0.2) is 22.7 Å². The summed E-state index contributed by atoms with van der Waals surface area (Å²) in [6.45, 7) is 0. The fourth-order valence-electron chi connectivity index (χ4n) is 1.20. The molecule has 0 fully saturated rings. The highest BCUT2D eigenvalue weighted by atomic mass is 32.1. The third-order valence-electron chi connectivity index (χ3n) is 1.93. The first-order chi connectivity index (χ1) is 7.81. The molecule has 6 heteroatoms. The fourth-order valence-corrected chi connectivity index (χ4v) is 1.66. The number of aromatic nitrogens is 2. The average molecular weight is 235 g/mol. The number of nitrogens with one attached hydrogen (secondary N) is 1. The van der Waals surface area contributed by atoms with E-state index in [1.54, 1.807) is 17.5 Å². The molecule has 16 heavy (non-hydrogen) atoms. The molecule has 1 aromatic heterocycles. The Bertz CT molecular complexity index is 485. The van der Waals surface area contributed by atoms with E-state index in [2.05, 4.69) is 14.9 Å². The van der Waals surface area contributed by atoms with Gasteiger partial charge in [-0.1, -0.05) is 16.6 Å². The average Bonchev–Trinajstić information content (AvgIpc) is 2.83. The molecule has 1 heterocycles. The lowest BCUT2D eigenvalue weighted by atomic mass is 10.1. The highest BCUT2D eigenvalue weighted by Crippen LogP contribution is 2.28. The number of hydrogen-bond donors (Lipinski definition) is 1. The minimum absolute atomic E-state index is 0.467. The van der Waals surface area contributed by atoms with Gasteiger partial charge in [0.1, 0.15) is 11.4 Å². The summed E-state index contributed by atoms with van der Waals surface area (Å²) in [6.07, 6.45) is -0.504. The summed E-state index contributed by atoms with van der Waals surface area (Å²) in [7, 11) is 1.51. The van der Waals surface area contributed by atoms with Gasteiger partial charge in [0.05, 0.1) is 0 Å². The van der Waals surface area contributed by atoms with Crippen molar-refractivity contribution < 1.29 is 9.53 Å². The molecular weight excluding hydrogens is 226 g/mol. The fraction of sp³-hybridized carbons (Fsp3) is 0.100. The van der Waals surface area contributed by atoms with Gasteiger partial charge in [-0.05, 0) is 23.7 Å². The zero-order valence-corrected chi connectivity index (χ0v) is 9.32. The van der Waals surface area contributed by atoms with Crippen LogP contribution in [0.5, 0.6) is 5.75 Å². The van der Waals surface area contributed by atoms with Crippen LogP contribution in [-0.2, 0) is 0 Å². The number of ether oxygens (including phenoxy) is 1. The molecule has 2 rings (SSSR count). The van der Waals surface area contributed by atoms with Gasteiger partial charge in [0, 0.05) is 18.0 Å². The minimum Gasteiger partial charge on any atom is -0.410 e. The zero-order valence-electron chi connectivity index (χ0n) is 8.51. The van der Waals surface area contributed by atoms with Crippen molar-refractivity contribution in [3.63, 3.8) is 0 Å². The standard InChI is InChI=1S/C10H9N3O2S/c1-11-10(14)15-9-5-3-2-4-7(9)8-6-16-13-12-8/h2-6H,1H3,(H,11,14). The van der Waals surface area contributed by atoms with Gasteiger partial charge in [-0.25, -0.2) is 4.79 Å². The molecule has 0 saturated carbocycles. The van der Waals surface area contributed by atoms with Gasteiger partial charge in [-0.15, -0.1) is 5.10 Å². The molecule has 5 nitrogen and oxygen atoms in total. The highest BCUT2D eigenvalue weighted by molar-refractivity contribution is 7.03. The maximum Gasteiger partial charge on any atom is 0.412 e. The van der Waals surface area contributed by atoms with Crippen LogP contribution in [0.4, 0.5) is 4.79 Å². The number of para-hydroxylation sites is 1. The van der Waals surface area contributed by atoms with Crippen LogP contribution < -0.4 is 10.1 Å². The first-order valence-corrected chi connectivity index (χ1v) is 5.41. The van der Waals surface area contributed by atoms with Crippen molar-refractivity contribution >= 4 is 17.6 Å². The molecule has 0 atom stereocenters. The van der Waals surface area contributed by atoms with Crippen LogP contribution in [0, 0.1) is 0 Å². The summed E-state index contributed by atoms with van der Waals surface area (Å²) in [5.74, 6) is 0.467. The van der Waals surface area contributed by atoms with E-state index in [-0.39, 0.29) is 0 Å². The van der Waals surface area contributed by atoms with E-state index in [0.717, 1.165) is 5.56 Å². The van der Waals surface area contributed by atoms with Gasteiger partial charge in [0.15, 0.2) is 0 Å². The summed E-state index contributed by atoms with van der Waals surface area (Å²) in [4.78, 5) is 11.1. The maximum atomic E-state index is 11.1. The molecule has 2 aromatic rings. The number of rotatable bonds is 2. The van der Waals surface area contributed by atoms with Gasteiger partial charge < -0.3 is 10.1 Å². The van der Waals surface area contributed by atoms with Gasteiger partial charge in [0.25, 0.3) is 0 Å². The molecule has 1 amide bonds. The molecule has 0 bridgehead atoms. The van der Waals surface area contributed by atoms with Gasteiger partial charge in [0.2, 0.25) is 0 Å². The molecule has 0 aliphatic carbocycles. The van der Waals surface area contributed by atoms with Gasteiger partial charge >= 0.3 is 6.09 Å². The molecular formula is C10H9N3O2S. The maximum absolute atomic E-state index is 11.1. The van der Waals surface area contributed by atoms with E-state index in [1.165, 1.54) is 18.6 Å². The predicted octanol–water partition coefficient (Wildman–Crippen LogP) is 1.92. The number of hydrogen-bond acceptors (Lipinski definition) is 5. The first kappa shape index (κ1) is 10.6. The van der Waals surface area contributed by atoms with Crippen molar-refractivity contribution in [2.45, 2.75) is 0 Å². The second kappa shape index (κ2) is 4.71. The van der Waals surface area contributed by atoms with Crippen molar-refractivity contribution in [2.24, 2.45) is 0 Å². The molecule has 82 valence electrons. The number of nitrogens with zero attached hydrogens (tertiary/aromatic N) is 2. The normalized spacial score (nSPS) is 9.81. The highest BCUT2D eigenvalue weighted by Gasteiger charge is 2.10. The van der Waals surface area contributed by atoms with Gasteiger partial charge in [-0.3, -0.25) is 0 Å². The molecule has 0 spiro atoms. The van der Waals surface area contributed by atoms with Crippen molar-refractivity contribution in [3.8, 4) is 17.0 Å². The van der Waals surface area contributed by atoms with Gasteiger partial charge in [-0.2, -0.15) is 0 Å². The number of carbonyl (C=O) groups is 1. The van der Waals surface area contributed by atoms with Crippen molar-refractivity contribution in [3.05, 3.63) is 29.6 Å². The molecule has 1 N–H and O–H groups in total. The zero-order chi connectivity index (χ0) is 11.4. The Morgan fingerprint density at radius 2 is 2.25 bits per heavy atom. The molecule has 0 aliphatic rings. The number of amides is 1. The third kappa shape index (κ3) is 2.17. The van der Waals surface area contributed by atoms with E-state index in [1.807, 2.05) is 12.1 Å². The largest absolute Gasteiger partial charge is 0.412 e. The molecule has 0 aliphatic heterocycles. The van der Waals surface area contributed by atoms with Crippen molar-refractivity contribution in [1.82, 2.24) is 14.9 Å². The van der Waals surface area contributed by atoms with Crippen LogP contribution in [0.1, 0.15) is 0 Å². The lowest BCUT2D eigenvalue weighted by molar-refractivity contribution is 0.203. The Morgan fingerprint density at radius 1 is 1.44 bits per heavy atom. The van der Waals surface area contributed by atoms with E-state index in [0.29, 0.717) is 11.4 Å². The first-order valence-electron chi connectivity index (χ1n) is 4.57. The second-order valence-corrected chi connectivity index (χ2v) is 3.54. The third-order valence-corrected chi connectivity index (χ3v) is 2.43.